The molecule has 46 heavy (non-hydrogen) atoms. The number of urea groups is 1. The van der Waals surface area contributed by atoms with Crippen LogP contribution in [0.25, 0.3) is 10.4 Å². The van der Waals surface area contributed by atoms with Gasteiger partial charge in [-0.15, -0.1) is 11.3 Å². The highest BCUT2D eigenvalue weighted by Gasteiger charge is 2.42. The third kappa shape index (κ3) is 11.1. The first-order valence-corrected chi connectivity index (χ1v) is 15.5. The smallest absolute Gasteiger partial charge is 0.490 e. The largest absolute Gasteiger partial charge is 0.492 e. The lowest BCUT2D eigenvalue weighted by Crippen LogP contribution is -2.61. The van der Waals surface area contributed by atoms with Crippen LogP contribution in [0.3, 0.4) is 0 Å². The molecule has 0 spiro atoms. The van der Waals surface area contributed by atoms with E-state index in [1.165, 1.54) is 16.2 Å². The molecule has 1 aliphatic heterocycles. The van der Waals surface area contributed by atoms with Crippen LogP contribution in [0, 0.1) is 5.41 Å². The summed E-state index contributed by atoms with van der Waals surface area (Å²) in [6.07, 6.45) is -4.78. The predicted octanol–water partition coefficient (Wildman–Crippen LogP) is 5.55. The number of ether oxygens (including phenoxy) is 1. The van der Waals surface area contributed by atoms with Crippen LogP contribution in [-0.2, 0) is 4.79 Å². The maximum absolute atomic E-state index is 13.5. The minimum Gasteiger partial charge on any atom is -0.492 e. The predicted molar refractivity (Wildman–Crippen MR) is 168 cm³/mol. The number of benzene rings is 1. The van der Waals surface area contributed by atoms with Gasteiger partial charge in [-0.3, -0.25) is 10.1 Å². The highest BCUT2D eigenvalue weighted by Crippen LogP contribution is 2.37. The van der Waals surface area contributed by atoms with Crippen LogP contribution in [0.1, 0.15) is 57.8 Å². The first-order valence-electron chi connectivity index (χ1n) is 14.6. The fourth-order valence-electron chi connectivity index (χ4n) is 5.13. The van der Waals surface area contributed by atoms with Gasteiger partial charge in [0.1, 0.15) is 17.4 Å². The Bertz CT molecular complexity index is 1340. The number of aliphatic carboxylic acids is 1. The maximum Gasteiger partial charge on any atom is 0.490 e. The molecule has 1 saturated heterocycles. The van der Waals surface area contributed by atoms with Gasteiger partial charge in [0.05, 0.1) is 17.6 Å². The molecule has 0 bridgehead atoms. The number of piperidine rings is 1. The van der Waals surface area contributed by atoms with Crippen molar-refractivity contribution in [2.75, 3.05) is 38.1 Å². The Balaban J connectivity index is 0.000000942. The molecule has 1 fully saturated rings. The summed E-state index contributed by atoms with van der Waals surface area (Å²) in [5, 5.41) is 22.9. The Hall–Kier alpha value is -4.05. The van der Waals surface area contributed by atoms with Gasteiger partial charge in [-0.05, 0) is 67.2 Å². The van der Waals surface area contributed by atoms with Gasteiger partial charge >= 0.3 is 24.3 Å². The standard InChI is InChI=1S/C28H41N5O5S.C2HF3O2/c1-6-32(7-2)15-16-38-19-12-10-18(11-13-19)22-17-20(25(39-22)31-26(29)35)24(34)30-21-9-8-14-33(27(36)37)23(21)28(3,4)5;3-2(4,5)1(6)7/h10-13,17,21,23H,6-9,14-16H2,1-5H3,(H,30,34)(H,36,37)(H3,29,31,35);(H,6,7)/t21-,23?;/m0./s1. The van der Waals surface area contributed by atoms with Crippen molar-refractivity contribution in [1.82, 2.24) is 15.1 Å². The van der Waals surface area contributed by atoms with E-state index in [4.69, 9.17) is 20.4 Å². The van der Waals surface area contributed by atoms with Crippen LogP contribution in [0.5, 0.6) is 5.75 Å². The third-order valence-corrected chi connectivity index (χ3v) is 8.35. The quantitative estimate of drug-likeness (QED) is 0.218. The van der Waals surface area contributed by atoms with Crippen LogP contribution < -0.4 is 21.1 Å². The number of halogens is 3. The number of alkyl halides is 3. The molecule has 2 heterocycles. The number of carboxylic acid groups (broad SMARTS) is 2. The number of carbonyl (C=O) groups excluding carboxylic acids is 2. The van der Waals surface area contributed by atoms with Crippen molar-refractivity contribution < 1.29 is 47.3 Å². The van der Waals surface area contributed by atoms with Gasteiger partial charge in [0.15, 0.2) is 0 Å². The molecule has 1 unspecified atom stereocenters. The van der Waals surface area contributed by atoms with Crippen LogP contribution in [-0.4, -0.2) is 95.1 Å². The molecule has 4 amide bonds. The fourth-order valence-corrected chi connectivity index (χ4v) is 6.20. The minimum atomic E-state index is -5.08. The lowest BCUT2D eigenvalue weighted by molar-refractivity contribution is -0.192. The molecule has 3 rings (SSSR count). The monoisotopic (exact) mass is 673 g/mol. The number of nitrogens with one attached hydrogen (secondary N) is 2. The zero-order chi connectivity index (χ0) is 34.8. The van der Waals surface area contributed by atoms with E-state index in [1.807, 2.05) is 45.0 Å². The van der Waals surface area contributed by atoms with E-state index in [1.54, 1.807) is 6.07 Å². The van der Waals surface area contributed by atoms with E-state index in [-0.39, 0.29) is 22.9 Å². The van der Waals surface area contributed by atoms with Crippen molar-refractivity contribution in [1.29, 1.82) is 0 Å². The van der Waals surface area contributed by atoms with Crippen LogP contribution in [0.4, 0.5) is 27.8 Å². The molecule has 0 saturated carbocycles. The summed E-state index contributed by atoms with van der Waals surface area (Å²) in [4.78, 5) is 50.5. The van der Waals surface area contributed by atoms with Crippen molar-refractivity contribution >= 4 is 40.3 Å². The molecule has 0 radical (unpaired) electrons. The number of amides is 4. The number of anilines is 1. The topological polar surface area (TPSA) is 175 Å². The Morgan fingerprint density at radius 2 is 1.67 bits per heavy atom. The number of carbonyl (C=O) groups is 4. The summed E-state index contributed by atoms with van der Waals surface area (Å²) >= 11 is 1.25. The van der Waals surface area contributed by atoms with Crippen molar-refractivity contribution in [2.45, 2.75) is 65.7 Å². The zero-order valence-electron chi connectivity index (χ0n) is 26.4. The van der Waals surface area contributed by atoms with Crippen LogP contribution >= 0.6 is 11.3 Å². The lowest BCUT2D eigenvalue weighted by Gasteiger charge is -2.46. The van der Waals surface area contributed by atoms with Gasteiger partial charge in [0, 0.05) is 18.0 Å². The fraction of sp³-hybridized carbons (Fsp3) is 0.533. The normalized spacial score (nSPS) is 16.7. The average molecular weight is 674 g/mol. The number of primary amides is 1. The van der Waals surface area contributed by atoms with Crippen molar-refractivity contribution in [3.63, 3.8) is 0 Å². The van der Waals surface area contributed by atoms with Gasteiger partial charge in [0.25, 0.3) is 5.91 Å². The molecule has 2 aromatic rings. The molecule has 1 aromatic carbocycles. The average Bonchev–Trinajstić information content (AvgIpc) is 3.38. The highest BCUT2D eigenvalue weighted by molar-refractivity contribution is 7.20. The number of likely N-dealkylation sites (tertiary alicyclic amines) is 1. The summed E-state index contributed by atoms with van der Waals surface area (Å²) in [5.41, 5.74) is 6.16. The Morgan fingerprint density at radius 3 is 2.15 bits per heavy atom. The first-order chi connectivity index (χ1) is 21.4. The summed E-state index contributed by atoms with van der Waals surface area (Å²) in [7, 11) is 0. The summed E-state index contributed by atoms with van der Waals surface area (Å²) in [6.45, 7) is 14.0. The Morgan fingerprint density at radius 1 is 1.09 bits per heavy atom. The second-order valence-electron chi connectivity index (χ2n) is 11.6. The summed E-state index contributed by atoms with van der Waals surface area (Å²) in [5.74, 6) is -2.39. The van der Waals surface area contributed by atoms with Gasteiger partial charge in [-0.25, -0.2) is 14.4 Å². The molecular weight excluding hydrogens is 631 g/mol. The highest BCUT2D eigenvalue weighted by atomic mass is 32.1. The van der Waals surface area contributed by atoms with Gasteiger partial charge in [0.2, 0.25) is 0 Å². The van der Waals surface area contributed by atoms with E-state index in [2.05, 4.69) is 29.4 Å². The number of carboxylic acids is 1. The van der Waals surface area contributed by atoms with Crippen LogP contribution in [0.2, 0.25) is 0 Å². The first kappa shape index (κ1) is 38.1. The van der Waals surface area contributed by atoms with Crippen molar-refractivity contribution in [2.24, 2.45) is 11.1 Å². The van der Waals surface area contributed by atoms with Gasteiger partial charge in [-0.2, -0.15) is 13.2 Å². The molecule has 16 heteroatoms. The van der Waals surface area contributed by atoms with E-state index in [9.17, 15) is 32.7 Å². The molecular formula is C30H42F3N5O7S. The van der Waals surface area contributed by atoms with Crippen LogP contribution in [0.15, 0.2) is 30.3 Å². The second-order valence-corrected chi connectivity index (χ2v) is 12.6. The zero-order valence-corrected chi connectivity index (χ0v) is 27.3. The van der Waals surface area contributed by atoms with Gasteiger partial charge in [-0.1, -0.05) is 34.6 Å². The lowest BCUT2D eigenvalue weighted by atomic mass is 9.77. The number of hydrogen-bond acceptors (Lipinski definition) is 7. The molecule has 256 valence electrons. The molecule has 12 nitrogen and oxygen atoms in total. The Labute approximate surface area is 269 Å². The number of hydrogen-bond donors (Lipinski definition) is 5. The van der Waals surface area contributed by atoms with Crippen molar-refractivity contribution in [3.8, 4) is 16.2 Å². The summed E-state index contributed by atoms with van der Waals surface area (Å²) in [6, 6.07) is 7.78. The molecule has 6 N–H and O–H groups in total. The Kier molecular flexibility index (Phi) is 13.7. The van der Waals surface area contributed by atoms with Gasteiger partial charge < -0.3 is 35.8 Å². The van der Waals surface area contributed by atoms with E-state index < -0.39 is 30.3 Å². The van der Waals surface area contributed by atoms with E-state index >= 15 is 0 Å². The molecule has 2 atom stereocenters. The van der Waals surface area contributed by atoms with E-state index in [0.29, 0.717) is 31.0 Å². The number of nitrogens with zero attached hydrogens (tertiary/aromatic N) is 2. The molecule has 0 aliphatic carbocycles. The second kappa shape index (κ2) is 16.5. The molecule has 1 aliphatic rings. The maximum atomic E-state index is 13.5. The third-order valence-electron chi connectivity index (χ3n) is 7.25. The number of thiophene rings is 1. The number of rotatable bonds is 10. The number of nitrogens with two attached hydrogens (primary N) is 1. The number of likely N-dealkylation sites (N-methyl/N-ethyl adjacent to an activating group) is 1. The van der Waals surface area contributed by atoms with E-state index in [0.717, 1.165) is 35.8 Å². The van der Waals surface area contributed by atoms with Crippen molar-refractivity contribution in [3.05, 3.63) is 35.9 Å². The minimum absolute atomic E-state index is 0.286. The summed E-state index contributed by atoms with van der Waals surface area (Å²) < 4.78 is 37.6. The SMILES string of the molecule is CCN(CC)CCOc1ccc(-c2cc(C(=O)N[C@H]3CCCN(C(=O)O)C3C(C)(C)C)c(NC(N)=O)s2)cc1.O=C(O)C(F)(F)F. The molecule has 1 aromatic heterocycles.